The van der Waals surface area contributed by atoms with Gasteiger partial charge in [-0.15, -0.1) is 0 Å². The molecule has 7 nitrogen and oxygen atoms in total. The summed E-state index contributed by atoms with van der Waals surface area (Å²) in [6.07, 6.45) is 7.13. The Balaban J connectivity index is 1.33. The number of benzene rings is 1. The summed E-state index contributed by atoms with van der Waals surface area (Å²) in [5.41, 5.74) is 1.22. The number of methoxy groups -OCH3 is 1. The molecule has 1 N–H and O–H groups in total. The van der Waals surface area contributed by atoms with E-state index in [9.17, 15) is 9.59 Å². The third-order valence-corrected chi connectivity index (χ3v) is 7.08. The lowest BCUT2D eigenvalue weighted by atomic mass is 10.0. The number of urea groups is 1. The number of likely N-dealkylation sites (tertiary alicyclic amines) is 3. The Morgan fingerprint density at radius 3 is 2.35 bits per heavy atom. The highest BCUT2D eigenvalue weighted by atomic mass is 16.5. The normalized spacial score (nSPS) is 21.9. The minimum absolute atomic E-state index is 0.0155. The summed E-state index contributed by atoms with van der Waals surface area (Å²) >= 11 is 0. The quantitative estimate of drug-likeness (QED) is 0.757. The largest absolute Gasteiger partial charge is 0.497 e. The van der Waals surface area contributed by atoms with Gasteiger partial charge >= 0.3 is 6.03 Å². The molecule has 0 spiro atoms. The van der Waals surface area contributed by atoms with Crippen molar-refractivity contribution in [3.8, 4) is 5.75 Å². The van der Waals surface area contributed by atoms with Crippen LogP contribution in [0.3, 0.4) is 0 Å². The maximum atomic E-state index is 12.9. The number of amides is 3. The molecule has 0 aromatic heterocycles. The molecule has 4 rings (SSSR count). The average molecular weight is 429 g/mol. The standard InChI is InChI=1S/C24H36N4O3/c1-31-21-9-7-19(8-10-21)22(26-13-3-2-4-14-26)18-25-24(30)27-16-11-20(12-17-27)28-15-5-6-23(28)29/h7-10,20,22H,2-6,11-18H2,1H3,(H,25,30). The Labute approximate surface area is 185 Å². The van der Waals surface area contributed by atoms with Crippen LogP contribution in [-0.4, -0.2) is 79.1 Å². The predicted octanol–water partition coefficient (Wildman–Crippen LogP) is 3.02. The van der Waals surface area contributed by atoms with Gasteiger partial charge in [0.2, 0.25) is 5.91 Å². The van der Waals surface area contributed by atoms with Gasteiger partial charge in [0.05, 0.1) is 13.2 Å². The van der Waals surface area contributed by atoms with Crippen LogP contribution in [-0.2, 0) is 4.79 Å². The van der Waals surface area contributed by atoms with Gasteiger partial charge < -0.3 is 19.9 Å². The van der Waals surface area contributed by atoms with Gasteiger partial charge in [-0.05, 0) is 62.9 Å². The molecule has 1 aromatic rings. The smallest absolute Gasteiger partial charge is 0.317 e. The van der Waals surface area contributed by atoms with Crippen molar-refractivity contribution in [2.45, 2.75) is 57.0 Å². The van der Waals surface area contributed by atoms with E-state index < -0.39 is 0 Å². The van der Waals surface area contributed by atoms with Crippen molar-refractivity contribution in [1.82, 2.24) is 20.0 Å². The lowest BCUT2D eigenvalue weighted by molar-refractivity contribution is -0.130. The van der Waals surface area contributed by atoms with E-state index in [1.165, 1.54) is 24.8 Å². The average Bonchev–Trinajstić information content (AvgIpc) is 3.26. The first kappa shape index (κ1) is 21.9. The second-order valence-corrected chi connectivity index (χ2v) is 8.98. The third kappa shape index (κ3) is 5.32. The van der Waals surface area contributed by atoms with E-state index >= 15 is 0 Å². The molecule has 0 aliphatic carbocycles. The van der Waals surface area contributed by atoms with E-state index in [1.54, 1.807) is 7.11 Å². The van der Waals surface area contributed by atoms with Crippen LogP contribution in [0.2, 0.25) is 0 Å². The van der Waals surface area contributed by atoms with Crippen molar-refractivity contribution >= 4 is 11.9 Å². The zero-order valence-corrected chi connectivity index (χ0v) is 18.7. The van der Waals surface area contributed by atoms with Gasteiger partial charge in [0.15, 0.2) is 0 Å². The predicted molar refractivity (Wildman–Crippen MR) is 120 cm³/mol. The molecule has 3 saturated heterocycles. The minimum atomic E-state index is 0.0155. The van der Waals surface area contributed by atoms with E-state index in [1.807, 2.05) is 21.9 Å². The third-order valence-electron chi connectivity index (χ3n) is 7.08. The summed E-state index contributed by atoms with van der Waals surface area (Å²) in [4.78, 5) is 31.4. The molecule has 7 heteroatoms. The second-order valence-electron chi connectivity index (χ2n) is 8.98. The highest BCUT2D eigenvalue weighted by Gasteiger charge is 2.32. The fourth-order valence-electron chi connectivity index (χ4n) is 5.25. The molecule has 170 valence electrons. The maximum Gasteiger partial charge on any atom is 0.317 e. The highest BCUT2D eigenvalue weighted by molar-refractivity contribution is 5.78. The van der Waals surface area contributed by atoms with E-state index in [2.05, 4.69) is 22.3 Å². The fourth-order valence-corrected chi connectivity index (χ4v) is 5.25. The van der Waals surface area contributed by atoms with Gasteiger partial charge in [0.1, 0.15) is 5.75 Å². The van der Waals surface area contributed by atoms with Crippen LogP contribution in [0.1, 0.15) is 56.6 Å². The van der Waals surface area contributed by atoms with Crippen molar-refractivity contribution in [2.75, 3.05) is 46.4 Å². The molecule has 3 fully saturated rings. The number of carbonyl (C=O) groups excluding carboxylic acids is 2. The van der Waals surface area contributed by atoms with Gasteiger partial charge in [-0.25, -0.2) is 4.79 Å². The van der Waals surface area contributed by atoms with Gasteiger partial charge in [-0.1, -0.05) is 18.6 Å². The summed E-state index contributed by atoms with van der Waals surface area (Å²) in [6.45, 7) is 5.07. The fraction of sp³-hybridized carbons (Fsp3) is 0.667. The molecule has 1 atom stereocenters. The van der Waals surface area contributed by atoms with Crippen LogP contribution in [0.15, 0.2) is 24.3 Å². The Kier molecular flexibility index (Phi) is 7.33. The highest BCUT2D eigenvalue weighted by Crippen LogP contribution is 2.26. The monoisotopic (exact) mass is 428 g/mol. The van der Waals surface area contributed by atoms with Gasteiger partial charge in [0, 0.05) is 38.6 Å². The first-order valence-electron chi connectivity index (χ1n) is 11.9. The molecule has 1 aromatic carbocycles. The number of rotatable bonds is 6. The van der Waals surface area contributed by atoms with Crippen molar-refractivity contribution < 1.29 is 14.3 Å². The van der Waals surface area contributed by atoms with E-state index in [0.717, 1.165) is 57.7 Å². The number of carbonyl (C=O) groups is 2. The van der Waals surface area contributed by atoms with Crippen molar-refractivity contribution in [1.29, 1.82) is 0 Å². The van der Waals surface area contributed by atoms with Crippen LogP contribution in [0, 0.1) is 0 Å². The molecule has 0 bridgehead atoms. The lowest BCUT2D eigenvalue weighted by Gasteiger charge is -2.38. The van der Waals surface area contributed by atoms with Crippen LogP contribution < -0.4 is 10.1 Å². The van der Waals surface area contributed by atoms with Crippen LogP contribution in [0.25, 0.3) is 0 Å². The molecule has 3 aliphatic rings. The number of piperidine rings is 2. The Morgan fingerprint density at radius 2 is 1.74 bits per heavy atom. The van der Waals surface area contributed by atoms with Crippen molar-refractivity contribution in [2.24, 2.45) is 0 Å². The van der Waals surface area contributed by atoms with Gasteiger partial charge in [-0.2, -0.15) is 0 Å². The number of ether oxygens (including phenoxy) is 1. The van der Waals surface area contributed by atoms with Crippen molar-refractivity contribution in [3.63, 3.8) is 0 Å². The summed E-state index contributed by atoms with van der Waals surface area (Å²) in [7, 11) is 1.68. The molecule has 0 saturated carbocycles. The molecule has 31 heavy (non-hydrogen) atoms. The number of nitrogens with one attached hydrogen (secondary N) is 1. The van der Waals surface area contributed by atoms with E-state index in [0.29, 0.717) is 19.0 Å². The minimum Gasteiger partial charge on any atom is -0.497 e. The van der Waals surface area contributed by atoms with Crippen LogP contribution >= 0.6 is 0 Å². The van der Waals surface area contributed by atoms with Gasteiger partial charge in [0.25, 0.3) is 0 Å². The summed E-state index contributed by atoms with van der Waals surface area (Å²) in [5, 5.41) is 3.20. The van der Waals surface area contributed by atoms with E-state index in [4.69, 9.17) is 4.74 Å². The van der Waals surface area contributed by atoms with E-state index in [-0.39, 0.29) is 18.0 Å². The second kappa shape index (κ2) is 10.4. The summed E-state index contributed by atoms with van der Waals surface area (Å²) in [5.74, 6) is 1.14. The summed E-state index contributed by atoms with van der Waals surface area (Å²) in [6, 6.07) is 8.72. The number of hydrogen-bond acceptors (Lipinski definition) is 4. The SMILES string of the molecule is COc1ccc(C(CNC(=O)N2CCC(N3CCCC3=O)CC2)N2CCCCC2)cc1. The molecule has 3 heterocycles. The molecule has 3 amide bonds. The Bertz CT molecular complexity index is 740. The topological polar surface area (TPSA) is 65.1 Å². The lowest BCUT2D eigenvalue weighted by Crippen LogP contribution is -2.51. The molecule has 3 aliphatic heterocycles. The number of hydrogen-bond donors (Lipinski definition) is 1. The maximum absolute atomic E-state index is 12.9. The van der Waals surface area contributed by atoms with Gasteiger partial charge in [-0.3, -0.25) is 9.69 Å². The summed E-state index contributed by atoms with van der Waals surface area (Å²) < 4.78 is 5.31. The van der Waals surface area contributed by atoms with Crippen LogP contribution in [0.4, 0.5) is 4.79 Å². The number of nitrogens with zero attached hydrogens (tertiary/aromatic N) is 3. The zero-order chi connectivity index (χ0) is 21.6. The van der Waals surface area contributed by atoms with Crippen LogP contribution in [0.5, 0.6) is 5.75 Å². The Hall–Kier alpha value is -2.28. The zero-order valence-electron chi connectivity index (χ0n) is 18.7. The van der Waals surface area contributed by atoms with Crippen molar-refractivity contribution in [3.05, 3.63) is 29.8 Å². The molecular weight excluding hydrogens is 392 g/mol. The first-order chi connectivity index (χ1) is 15.2. The molecule has 1 unspecified atom stereocenters. The molecular formula is C24H36N4O3. The first-order valence-corrected chi connectivity index (χ1v) is 11.9. The molecule has 0 radical (unpaired) electrons. The Morgan fingerprint density at radius 1 is 1.03 bits per heavy atom.